The second-order valence-corrected chi connectivity index (χ2v) is 18.8. The van der Waals surface area contributed by atoms with Gasteiger partial charge in [0, 0.05) is 0 Å². The molecule has 0 aromatic rings. The van der Waals surface area contributed by atoms with E-state index in [1.165, 1.54) is 205 Å². The molecule has 0 saturated carbocycles. The van der Waals surface area contributed by atoms with E-state index in [9.17, 15) is 0 Å². The summed E-state index contributed by atoms with van der Waals surface area (Å²) < 4.78 is 0. The topological polar surface area (TPSA) is 0 Å². The molecule has 0 saturated heterocycles. The van der Waals surface area contributed by atoms with E-state index < -0.39 is 7.26 Å². The Kier molecular flexibility index (Phi) is 33.3. The van der Waals surface area contributed by atoms with Crippen molar-refractivity contribution < 1.29 is 0 Å². The first-order valence-corrected chi connectivity index (χ1v) is 22.0. The molecule has 0 N–H and O–H groups in total. The van der Waals surface area contributed by atoms with Crippen molar-refractivity contribution in [1.29, 1.82) is 0 Å². The van der Waals surface area contributed by atoms with Crippen LogP contribution in [0.4, 0.5) is 0 Å². The summed E-state index contributed by atoms with van der Waals surface area (Å²) in [4.78, 5) is 0. The third kappa shape index (κ3) is 34.5. The van der Waals surface area contributed by atoms with Gasteiger partial charge in [-0.05, 0) is 38.5 Å². The molecule has 0 bridgehead atoms. The maximum atomic E-state index is 2.64. The Morgan fingerprint density at radius 1 is 0.231 bits per heavy atom. The summed E-state index contributed by atoms with van der Waals surface area (Å²) in [5.41, 5.74) is 0. The smallest absolute Gasteiger partial charge is 0.0364 e. The maximum Gasteiger partial charge on any atom is -0.0364 e. The van der Waals surface area contributed by atoms with E-state index in [4.69, 9.17) is 0 Å². The second kappa shape index (κ2) is 32.9. The lowest BCUT2D eigenvalue weighted by molar-refractivity contribution is 0.531. The van der Waals surface area contributed by atoms with Crippen LogP contribution in [0.25, 0.3) is 0 Å². The van der Waals surface area contributed by atoms with E-state index in [0.717, 1.165) is 0 Å². The fourth-order valence-electron chi connectivity index (χ4n) is 6.29. The third-order valence-electron chi connectivity index (χ3n) is 9.23. The van der Waals surface area contributed by atoms with Gasteiger partial charge in [-0.1, -0.05) is 206 Å². The minimum absolute atomic E-state index is 0.619. The zero-order valence-electron chi connectivity index (χ0n) is 28.5. The Bertz CT molecular complexity index is 390. The normalized spacial score (nSPS) is 12.0. The highest BCUT2D eigenvalue weighted by Crippen LogP contribution is 2.52. The van der Waals surface area contributed by atoms with Crippen molar-refractivity contribution >= 4 is 7.26 Å². The first kappa shape index (κ1) is 39.4. The van der Waals surface area contributed by atoms with Crippen molar-refractivity contribution in [3.8, 4) is 0 Å². The van der Waals surface area contributed by atoms with Crippen LogP contribution in [0, 0.1) is 0 Å². The lowest BCUT2D eigenvalue weighted by atomic mass is 10.0. The fourth-order valence-corrected chi connectivity index (χ4v) is 8.67. The Labute approximate surface area is 251 Å². The number of hydrogen-bond donors (Lipinski definition) is 0. The van der Waals surface area contributed by atoms with E-state index in [1.807, 2.05) is 0 Å². The quantitative estimate of drug-likeness (QED) is 0.0536. The lowest BCUT2D eigenvalue weighted by Crippen LogP contribution is -2.01. The standard InChI is InChI=1S/C38H80P/c1-5-7-9-11-13-15-17-19-21-23-25-27-29-31-33-35-37-39(3,4)38-36-34-32-30-28-26-24-22-20-18-16-14-12-10-8-6-2/h5-38H2,1-4H3. The highest BCUT2D eigenvalue weighted by molar-refractivity contribution is 7.74. The monoisotopic (exact) mass is 568 g/mol. The zero-order chi connectivity index (χ0) is 28.5. The summed E-state index contributed by atoms with van der Waals surface area (Å²) in [7, 11) is -0.619. The van der Waals surface area contributed by atoms with Crippen molar-refractivity contribution in [3.05, 3.63) is 0 Å². The molecule has 0 rings (SSSR count). The molecule has 0 fully saturated rings. The fraction of sp³-hybridized carbons (Fsp3) is 1.00. The molecule has 0 amide bonds. The molecule has 0 aromatic carbocycles. The SMILES string of the molecule is CCCCCCCCCCCCCCCCCC[P](C)(C)CCCCCCCCCCCCCCCCCC. The second-order valence-electron chi connectivity index (χ2n) is 14.0. The largest absolute Gasteiger partial charge is 0.131 e. The van der Waals surface area contributed by atoms with Gasteiger partial charge in [0.25, 0.3) is 0 Å². The molecule has 237 valence electrons. The van der Waals surface area contributed by atoms with Gasteiger partial charge in [-0.15, -0.1) is 7.26 Å². The molecule has 39 heavy (non-hydrogen) atoms. The first-order chi connectivity index (χ1) is 19.1. The van der Waals surface area contributed by atoms with Crippen LogP contribution in [0.1, 0.15) is 219 Å². The van der Waals surface area contributed by atoms with Crippen LogP contribution >= 0.6 is 7.26 Å². The van der Waals surface area contributed by atoms with Crippen LogP contribution in [0.15, 0.2) is 0 Å². The number of rotatable bonds is 34. The van der Waals surface area contributed by atoms with E-state index in [2.05, 4.69) is 27.2 Å². The minimum Gasteiger partial charge on any atom is -0.131 e. The van der Waals surface area contributed by atoms with E-state index >= 15 is 0 Å². The van der Waals surface area contributed by atoms with Crippen LogP contribution < -0.4 is 0 Å². The third-order valence-corrected chi connectivity index (χ3v) is 12.3. The Morgan fingerprint density at radius 3 is 0.564 bits per heavy atom. The summed E-state index contributed by atoms with van der Waals surface area (Å²) >= 11 is 0. The molecular formula is C38H80P. The maximum absolute atomic E-state index is 2.64. The highest BCUT2D eigenvalue weighted by atomic mass is 31.2. The van der Waals surface area contributed by atoms with E-state index in [1.54, 1.807) is 12.3 Å². The predicted octanol–water partition coefficient (Wildman–Crippen LogP) is 14.8. The highest BCUT2D eigenvalue weighted by Gasteiger charge is 2.13. The van der Waals surface area contributed by atoms with E-state index in [0.29, 0.717) is 0 Å². The molecule has 0 aromatic heterocycles. The van der Waals surface area contributed by atoms with Crippen molar-refractivity contribution in [2.45, 2.75) is 219 Å². The molecule has 1 radical (unpaired) electrons. The molecule has 0 aliphatic rings. The number of hydrogen-bond acceptors (Lipinski definition) is 0. The summed E-state index contributed by atoms with van der Waals surface area (Å²) in [5.74, 6) is 0. The Hall–Kier alpha value is 0.430. The average Bonchev–Trinajstić information content (AvgIpc) is 2.92. The van der Waals surface area contributed by atoms with Crippen LogP contribution in [0.5, 0.6) is 0 Å². The molecule has 0 unspecified atom stereocenters. The minimum atomic E-state index is -0.619. The van der Waals surface area contributed by atoms with Gasteiger partial charge in [0.1, 0.15) is 0 Å². The summed E-state index contributed by atoms with van der Waals surface area (Å²) in [6.07, 6.45) is 50.5. The molecule has 0 spiro atoms. The van der Waals surface area contributed by atoms with Gasteiger partial charge in [-0.2, -0.15) is 0 Å². The van der Waals surface area contributed by atoms with Crippen LogP contribution in [-0.4, -0.2) is 25.7 Å². The van der Waals surface area contributed by atoms with Crippen LogP contribution in [0.3, 0.4) is 0 Å². The van der Waals surface area contributed by atoms with Gasteiger partial charge < -0.3 is 0 Å². The predicted molar refractivity (Wildman–Crippen MR) is 188 cm³/mol. The summed E-state index contributed by atoms with van der Waals surface area (Å²) in [6.45, 7) is 9.91. The van der Waals surface area contributed by atoms with Gasteiger partial charge in [0.2, 0.25) is 0 Å². The Morgan fingerprint density at radius 2 is 0.385 bits per heavy atom. The van der Waals surface area contributed by atoms with Crippen molar-refractivity contribution in [1.82, 2.24) is 0 Å². The zero-order valence-corrected chi connectivity index (χ0v) is 29.4. The first-order valence-electron chi connectivity index (χ1n) is 18.9. The van der Waals surface area contributed by atoms with Crippen molar-refractivity contribution in [2.24, 2.45) is 0 Å². The average molecular weight is 568 g/mol. The van der Waals surface area contributed by atoms with Gasteiger partial charge in [-0.3, -0.25) is 0 Å². The number of unbranched alkanes of at least 4 members (excludes halogenated alkanes) is 30. The Balaban J connectivity index is 3.26. The molecule has 1 heteroatoms. The van der Waals surface area contributed by atoms with Gasteiger partial charge in [-0.25, -0.2) is 0 Å². The van der Waals surface area contributed by atoms with Crippen LogP contribution in [-0.2, 0) is 0 Å². The van der Waals surface area contributed by atoms with Crippen molar-refractivity contribution in [3.63, 3.8) is 0 Å². The van der Waals surface area contributed by atoms with Gasteiger partial charge >= 0.3 is 0 Å². The van der Waals surface area contributed by atoms with Crippen molar-refractivity contribution in [2.75, 3.05) is 25.7 Å². The lowest BCUT2D eigenvalue weighted by Gasteiger charge is -2.27. The summed E-state index contributed by atoms with van der Waals surface area (Å²) in [6, 6.07) is 0. The molecule has 0 aliphatic carbocycles. The molecule has 0 atom stereocenters. The van der Waals surface area contributed by atoms with Gasteiger partial charge in [0.05, 0.1) is 0 Å². The molecule has 0 heterocycles. The van der Waals surface area contributed by atoms with Gasteiger partial charge in [0.15, 0.2) is 0 Å². The molecule has 0 nitrogen and oxygen atoms in total. The van der Waals surface area contributed by atoms with Crippen LogP contribution in [0.2, 0.25) is 0 Å². The molecule has 0 aliphatic heterocycles. The molecular weight excluding hydrogens is 487 g/mol. The van der Waals surface area contributed by atoms with E-state index in [-0.39, 0.29) is 0 Å². The summed E-state index contributed by atoms with van der Waals surface area (Å²) in [5, 5.41) is 0.